The van der Waals surface area contributed by atoms with Crippen LogP contribution in [0.25, 0.3) is 0 Å². The maximum atomic E-state index is 9.66. The van der Waals surface area contributed by atoms with E-state index in [-0.39, 0.29) is 6.61 Å². The highest BCUT2D eigenvalue weighted by atomic mass is 16.7. The van der Waals surface area contributed by atoms with Crippen molar-refractivity contribution in [3.05, 3.63) is 12.7 Å². The molecule has 0 radical (unpaired) electrons. The van der Waals surface area contributed by atoms with Crippen LogP contribution < -0.4 is 0 Å². The highest BCUT2D eigenvalue weighted by Gasteiger charge is 2.42. The Kier molecular flexibility index (Phi) is 9.05. The van der Waals surface area contributed by atoms with E-state index in [0.717, 1.165) is 19.3 Å². The van der Waals surface area contributed by atoms with Crippen molar-refractivity contribution in [2.75, 3.05) is 13.2 Å². The van der Waals surface area contributed by atoms with E-state index in [1.807, 2.05) is 6.08 Å². The molecule has 1 fully saturated rings. The highest BCUT2D eigenvalue weighted by molar-refractivity contribution is 4.86. The second-order valence-electron chi connectivity index (χ2n) is 5.28. The van der Waals surface area contributed by atoms with E-state index in [2.05, 4.69) is 6.58 Å². The van der Waals surface area contributed by atoms with E-state index < -0.39 is 24.6 Å². The van der Waals surface area contributed by atoms with Crippen molar-refractivity contribution >= 4 is 0 Å². The summed E-state index contributed by atoms with van der Waals surface area (Å²) in [6.07, 6.45) is 6.16. The van der Waals surface area contributed by atoms with Crippen LogP contribution in [0, 0.1) is 0 Å². The summed E-state index contributed by atoms with van der Waals surface area (Å²) in [7, 11) is 0. The van der Waals surface area contributed by atoms with Crippen LogP contribution in [-0.4, -0.2) is 53.1 Å². The summed E-state index contributed by atoms with van der Waals surface area (Å²) in [5.41, 5.74) is 0. The number of allylic oxidation sites excluding steroid dienone is 1. The SMILES string of the molecule is C=CCCCCCCCCO[C@@H]1O[C@H](CO)[C@@H](O)[C@H]1O. The van der Waals surface area contributed by atoms with Gasteiger partial charge in [-0.2, -0.15) is 0 Å². The quantitative estimate of drug-likeness (QED) is 0.395. The van der Waals surface area contributed by atoms with E-state index in [9.17, 15) is 10.2 Å². The molecule has 1 saturated heterocycles. The second kappa shape index (κ2) is 10.3. The van der Waals surface area contributed by atoms with Gasteiger partial charge in [-0.25, -0.2) is 0 Å². The zero-order valence-electron chi connectivity index (χ0n) is 12.1. The van der Waals surface area contributed by atoms with Gasteiger partial charge >= 0.3 is 0 Å². The average molecular weight is 288 g/mol. The molecule has 0 saturated carbocycles. The molecule has 118 valence electrons. The van der Waals surface area contributed by atoms with E-state index >= 15 is 0 Å². The molecule has 0 spiro atoms. The third-order valence-corrected chi connectivity index (χ3v) is 3.58. The maximum absolute atomic E-state index is 9.66. The number of hydrogen-bond donors (Lipinski definition) is 3. The Morgan fingerprint density at radius 3 is 2.25 bits per heavy atom. The fraction of sp³-hybridized carbons (Fsp3) is 0.867. The van der Waals surface area contributed by atoms with Crippen molar-refractivity contribution in [1.82, 2.24) is 0 Å². The number of hydrogen-bond acceptors (Lipinski definition) is 5. The summed E-state index contributed by atoms with van der Waals surface area (Å²) in [5, 5.41) is 28.2. The molecule has 5 nitrogen and oxygen atoms in total. The fourth-order valence-corrected chi connectivity index (χ4v) is 2.30. The average Bonchev–Trinajstić information content (AvgIpc) is 2.73. The zero-order chi connectivity index (χ0) is 14.8. The summed E-state index contributed by atoms with van der Waals surface area (Å²) >= 11 is 0. The maximum Gasteiger partial charge on any atom is 0.186 e. The summed E-state index contributed by atoms with van der Waals surface area (Å²) in [4.78, 5) is 0. The van der Waals surface area contributed by atoms with Crippen LogP contribution in [0.15, 0.2) is 12.7 Å². The van der Waals surface area contributed by atoms with Gasteiger partial charge in [-0.05, 0) is 19.3 Å². The Balaban J connectivity index is 1.98. The topological polar surface area (TPSA) is 79.2 Å². The van der Waals surface area contributed by atoms with Crippen LogP contribution in [0.3, 0.4) is 0 Å². The van der Waals surface area contributed by atoms with Gasteiger partial charge in [0.05, 0.1) is 6.61 Å². The van der Waals surface area contributed by atoms with Crippen LogP contribution in [0.1, 0.15) is 44.9 Å². The molecule has 20 heavy (non-hydrogen) atoms. The Morgan fingerprint density at radius 2 is 1.65 bits per heavy atom. The summed E-state index contributed by atoms with van der Waals surface area (Å²) in [6.45, 7) is 3.88. The van der Waals surface area contributed by atoms with Gasteiger partial charge in [-0.1, -0.05) is 31.8 Å². The molecule has 0 aromatic heterocycles. The molecule has 4 atom stereocenters. The van der Waals surface area contributed by atoms with Crippen molar-refractivity contribution in [3.63, 3.8) is 0 Å². The van der Waals surface area contributed by atoms with Crippen LogP contribution in [-0.2, 0) is 9.47 Å². The molecular weight excluding hydrogens is 260 g/mol. The van der Waals surface area contributed by atoms with Crippen molar-refractivity contribution in [1.29, 1.82) is 0 Å². The molecule has 0 aromatic carbocycles. The minimum absolute atomic E-state index is 0.317. The summed E-state index contributed by atoms with van der Waals surface area (Å²) in [6, 6.07) is 0. The van der Waals surface area contributed by atoms with Crippen LogP contribution >= 0.6 is 0 Å². The van der Waals surface area contributed by atoms with Gasteiger partial charge in [0.25, 0.3) is 0 Å². The minimum atomic E-state index is -1.08. The fourth-order valence-electron chi connectivity index (χ4n) is 2.30. The van der Waals surface area contributed by atoms with Gasteiger partial charge in [0.2, 0.25) is 0 Å². The summed E-state index contributed by atoms with van der Waals surface area (Å²) in [5.74, 6) is 0. The van der Waals surface area contributed by atoms with E-state index in [4.69, 9.17) is 14.6 Å². The first-order valence-electron chi connectivity index (χ1n) is 7.55. The molecule has 0 unspecified atom stereocenters. The Labute approximate surface area is 121 Å². The largest absolute Gasteiger partial charge is 0.394 e. The third kappa shape index (κ3) is 5.89. The van der Waals surface area contributed by atoms with Crippen molar-refractivity contribution in [2.45, 2.75) is 69.5 Å². The molecular formula is C15H28O5. The lowest BCUT2D eigenvalue weighted by Gasteiger charge is -2.15. The lowest BCUT2D eigenvalue weighted by atomic mass is 10.1. The molecule has 1 rings (SSSR count). The predicted octanol–water partition coefficient (Wildman–Crippen LogP) is 1.36. The van der Waals surface area contributed by atoms with Crippen LogP contribution in [0.4, 0.5) is 0 Å². The highest BCUT2D eigenvalue weighted by Crippen LogP contribution is 2.22. The predicted molar refractivity (Wildman–Crippen MR) is 76.2 cm³/mol. The van der Waals surface area contributed by atoms with Gasteiger partial charge < -0.3 is 24.8 Å². The molecule has 0 aromatic rings. The molecule has 0 bridgehead atoms. The van der Waals surface area contributed by atoms with Crippen molar-refractivity contribution in [2.24, 2.45) is 0 Å². The van der Waals surface area contributed by atoms with Crippen molar-refractivity contribution < 1.29 is 24.8 Å². The van der Waals surface area contributed by atoms with Gasteiger partial charge in [-0.15, -0.1) is 6.58 Å². The Hall–Kier alpha value is -0.460. The monoisotopic (exact) mass is 288 g/mol. The first-order valence-corrected chi connectivity index (χ1v) is 7.55. The number of unbranched alkanes of at least 4 members (excludes halogenated alkanes) is 6. The standard InChI is InChI=1S/C15H28O5/c1-2-3-4-5-6-7-8-9-10-19-15-14(18)13(17)12(11-16)20-15/h2,12-18H,1,3-11H2/t12-,13-,14-,15-/m1/s1. The van der Waals surface area contributed by atoms with Gasteiger partial charge in [-0.3, -0.25) is 0 Å². The van der Waals surface area contributed by atoms with Crippen molar-refractivity contribution in [3.8, 4) is 0 Å². The molecule has 5 heteroatoms. The second-order valence-corrected chi connectivity index (χ2v) is 5.28. The normalized spacial score (nSPS) is 29.8. The molecule has 1 heterocycles. The number of rotatable bonds is 11. The molecule has 1 aliphatic heterocycles. The lowest BCUT2D eigenvalue weighted by Crippen LogP contribution is -2.34. The van der Waals surface area contributed by atoms with Gasteiger partial charge in [0.1, 0.15) is 18.3 Å². The lowest BCUT2D eigenvalue weighted by molar-refractivity contribution is -0.169. The smallest absolute Gasteiger partial charge is 0.186 e. The molecule has 0 amide bonds. The van der Waals surface area contributed by atoms with Gasteiger partial charge in [0.15, 0.2) is 6.29 Å². The van der Waals surface area contributed by atoms with E-state index in [0.29, 0.717) is 6.61 Å². The first-order chi connectivity index (χ1) is 9.70. The molecule has 1 aliphatic rings. The number of ether oxygens (including phenoxy) is 2. The number of aliphatic hydroxyl groups is 3. The van der Waals surface area contributed by atoms with Crippen LogP contribution in [0.2, 0.25) is 0 Å². The number of aliphatic hydroxyl groups excluding tert-OH is 3. The summed E-state index contributed by atoms with van der Waals surface area (Å²) < 4.78 is 10.6. The zero-order valence-corrected chi connectivity index (χ0v) is 12.1. The minimum Gasteiger partial charge on any atom is -0.394 e. The van der Waals surface area contributed by atoms with Crippen LogP contribution in [0.5, 0.6) is 0 Å². The Bertz CT molecular complexity index is 259. The van der Waals surface area contributed by atoms with E-state index in [1.54, 1.807) is 0 Å². The molecule has 0 aliphatic carbocycles. The third-order valence-electron chi connectivity index (χ3n) is 3.58. The molecule has 3 N–H and O–H groups in total. The first kappa shape index (κ1) is 17.6. The van der Waals surface area contributed by atoms with Gasteiger partial charge in [0, 0.05) is 6.61 Å². The Morgan fingerprint density at radius 1 is 1.00 bits per heavy atom. The van der Waals surface area contributed by atoms with E-state index in [1.165, 1.54) is 25.7 Å².